The molecule has 0 aliphatic heterocycles. The van der Waals surface area contributed by atoms with Crippen molar-refractivity contribution in [3.8, 4) is 0 Å². The summed E-state index contributed by atoms with van der Waals surface area (Å²) in [5.74, 6) is -1.05. The van der Waals surface area contributed by atoms with Gasteiger partial charge in [0.05, 0.1) is 5.38 Å². The van der Waals surface area contributed by atoms with Crippen LogP contribution in [0.25, 0.3) is 0 Å². The molecule has 0 atom stereocenters. The maximum absolute atomic E-state index is 10.1. The molecule has 1 aromatic heterocycles. The van der Waals surface area contributed by atoms with E-state index in [1.807, 2.05) is 12.3 Å². The Morgan fingerprint density at radius 2 is 2.60 bits per heavy atom. The van der Waals surface area contributed by atoms with Crippen LogP contribution in [0.2, 0.25) is 0 Å². The molecular weight excluding hydrogens is 150 g/mol. The van der Waals surface area contributed by atoms with Gasteiger partial charge in [0, 0.05) is 6.92 Å². The van der Waals surface area contributed by atoms with E-state index in [1.54, 1.807) is 10.1 Å². The van der Waals surface area contributed by atoms with Gasteiger partial charge in [0.25, 0.3) is 0 Å². The number of thiazole rings is 1. The molecule has 0 saturated carbocycles. The summed E-state index contributed by atoms with van der Waals surface area (Å²) in [6.45, 7) is 1.81. The van der Waals surface area contributed by atoms with E-state index in [0.29, 0.717) is 0 Å². The van der Waals surface area contributed by atoms with Gasteiger partial charge in [-0.25, -0.2) is 0 Å². The lowest BCUT2D eigenvalue weighted by Crippen LogP contribution is -2.44. The monoisotopic (exact) mass is 157 g/mol. The first kappa shape index (κ1) is 7.21. The lowest BCUT2D eigenvalue weighted by atomic mass is 10.5. The van der Waals surface area contributed by atoms with Crippen LogP contribution in [-0.4, -0.2) is 5.97 Å². The Morgan fingerprint density at radius 1 is 1.90 bits per heavy atom. The Kier molecular flexibility index (Phi) is 2.01. The number of carboxylic acids is 1. The van der Waals surface area contributed by atoms with Crippen LogP contribution >= 0.6 is 11.3 Å². The third-order valence-corrected chi connectivity index (χ3v) is 2.03. The fraction of sp³-hybridized carbons (Fsp3) is 0.333. The largest absolute Gasteiger partial charge is 0.544 e. The van der Waals surface area contributed by atoms with Crippen molar-refractivity contribution in [2.24, 2.45) is 0 Å². The molecule has 0 amide bonds. The van der Waals surface area contributed by atoms with Crippen molar-refractivity contribution in [1.29, 1.82) is 0 Å². The first-order chi connectivity index (χ1) is 4.70. The topological polar surface area (TPSA) is 44.0 Å². The van der Waals surface area contributed by atoms with Crippen LogP contribution < -0.4 is 9.67 Å². The summed E-state index contributed by atoms with van der Waals surface area (Å²) < 4.78 is 1.64. The molecule has 0 N–H and O–H groups in total. The van der Waals surface area contributed by atoms with Gasteiger partial charge in [-0.05, 0) is 0 Å². The van der Waals surface area contributed by atoms with Crippen molar-refractivity contribution in [2.45, 2.75) is 13.5 Å². The van der Waals surface area contributed by atoms with E-state index in [1.165, 1.54) is 11.3 Å². The first-order valence-electron chi connectivity index (χ1n) is 2.82. The van der Waals surface area contributed by atoms with Crippen molar-refractivity contribution in [2.75, 3.05) is 0 Å². The molecule has 3 nitrogen and oxygen atoms in total. The van der Waals surface area contributed by atoms with Crippen molar-refractivity contribution in [3.05, 3.63) is 16.6 Å². The predicted octanol–water partition coefficient (Wildman–Crippen LogP) is -0.906. The Morgan fingerprint density at radius 3 is 3.00 bits per heavy atom. The van der Waals surface area contributed by atoms with Crippen molar-refractivity contribution in [1.82, 2.24) is 0 Å². The number of carboxylic acid groups (broad SMARTS) is 1. The number of carbonyl (C=O) groups is 1. The van der Waals surface area contributed by atoms with E-state index >= 15 is 0 Å². The molecule has 0 radical (unpaired) electrons. The first-order valence-corrected chi connectivity index (χ1v) is 3.76. The van der Waals surface area contributed by atoms with Gasteiger partial charge in [-0.2, -0.15) is 4.57 Å². The fourth-order valence-electron chi connectivity index (χ4n) is 0.654. The van der Waals surface area contributed by atoms with Crippen LogP contribution in [0.15, 0.2) is 10.9 Å². The highest BCUT2D eigenvalue weighted by Crippen LogP contribution is 1.95. The second kappa shape index (κ2) is 2.79. The Labute approximate surface area is 62.6 Å². The molecule has 0 bridgehead atoms. The summed E-state index contributed by atoms with van der Waals surface area (Å²) in [6.07, 6.45) is 0. The number of nitrogens with zero attached hydrogens (tertiary/aromatic N) is 1. The molecule has 4 heteroatoms. The van der Waals surface area contributed by atoms with E-state index < -0.39 is 5.97 Å². The average Bonchev–Trinajstić information content (AvgIpc) is 2.15. The van der Waals surface area contributed by atoms with Crippen LogP contribution in [0.3, 0.4) is 0 Å². The molecule has 0 aliphatic rings. The molecule has 0 unspecified atom stereocenters. The van der Waals surface area contributed by atoms with E-state index in [4.69, 9.17) is 0 Å². The molecule has 10 heavy (non-hydrogen) atoms. The highest BCUT2D eigenvalue weighted by molar-refractivity contribution is 7.07. The number of hydrogen-bond acceptors (Lipinski definition) is 3. The number of aromatic nitrogens is 1. The second-order valence-electron chi connectivity index (χ2n) is 2.00. The SMILES string of the molecule is Cc1csc[n+]1CC(=O)[O-]. The zero-order valence-electron chi connectivity index (χ0n) is 5.53. The Bertz CT molecular complexity index is 244. The van der Waals surface area contributed by atoms with Crippen LogP contribution in [0.5, 0.6) is 0 Å². The summed E-state index contributed by atoms with van der Waals surface area (Å²) in [4.78, 5) is 10.1. The third kappa shape index (κ3) is 1.54. The zero-order chi connectivity index (χ0) is 7.56. The van der Waals surface area contributed by atoms with Crippen LogP contribution in [-0.2, 0) is 11.3 Å². The fourth-order valence-corrected chi connectivity index (χ4v) is 1.44. The van der Waals surface area contributed by atoms with Crippen LogP contribution in [0, 0.1) is 6.92 Å². The zero-order valence-corrected chi connectivity index (χ0v) is 6.35. The molecule has 0 aromatic carbocycles. The van der Waals surface area contributed by atoms with Gasteiger partial charge in [0.1, 0.15) is 5.97 Å². The minimum Gasteiger partial charge on any atom is -0.544 e. The summed E-state index contributed by atoms with van der Waals surface area (Å²) in [7, 11) is 0. The van der Waals surface area contributed by atoms with E-state index in [2.05, 4.69) is 0 Å². The lowest BCUT2D eigenvalue weighted by Gasteiger charge is -1.94. The molecule has 54 valence electrons. The summed E-state index contributed by atoms with van der Waals surface area (Å²) in [5, 5.41) is 12.0. The van der Waals surface area contributed by atoms with E-state index in [9.17, 15) is 9.90 Å². The highest BCUT2D eigenvalue weighted by Gasteiger charge is 2.05. The molecule has 0 saturated heterocycles. The van der Waals surface area contributed by atoms with Gasteiger partial charge in [0.2, 0.25) is 5.51 Å². The average molecular weight is 157 g/mol. The van der Waals surface area contributed by atoms with Gasteiger partial charge >= 0.3 is 0 Å². The predicted molar refractivity (Wildman–Crippen MR) is 34.3 cm³/mol. The third-order valence-electron chi connectivity index (χ3n) is 1.18. The lowest BCUT2D eigenvalue weighted by molar-refractivity contribution is -0.691. The minimum absolute atomic E-state index is 0.0463. The van der Waals surface area contributed by atoms with E-state index in [-0.39, 0.29) is 6.54 Å². The smallest absolute Gasteiger partial charge is 0.225 e. The molecule has 0 aliphatic carbocycles. The van der Waals surface area contributed by atoms with Gasteiger partial charge < -0.3 is 9.90 Å². The number of hydrogen-bond donors (Lipinski definition) is 0. The van der Waals surface area contributed by atoms with E-state index in [0.717, 1.165) is 5.69 Å². The van der Waals surface area contributed by atoms with Crippen molar-refractivity contribution < 1.29 is 14.5 Å². The van der Waals surface area contributed by atoms with Gasteiger partial charge in [-0.1, -0.05) is 11.3 Å². The number of aryl methyl sites for hydroxylation is 1. The molecular formula is C6H7NO2S. The molecule has 1 heterocycles. The minimum atomic E-state index is -1.05. The van der Waals surface area contributed by atoms with Crippen molar-refractivity contribution >= 4 is 17.3 Å². The molecule has 0 spiro atoms. The quantitative estimate of drug-likeness (QED) is 0.522. The normalized spacial score (nSPS) is 9.70. The maximum atomic E-state index is 10.1. The number of carbonyl (C=O) groups excluding carboxylic acids is 1. The molecule has 0 fully saturated rings. The standard InChI is InChI=1S/C6H7NO2S/c1-5-3-10-4-7(5)2-6(8)9/h3-4H,2H2,1H3. The number of aliphatic carboxylic acids is 1. The second-order valence-corrected chi connectivity index (χ2v) is 2.72. The van der Waals surface area contributed by atoms with Gasteiger partial charge in [0.15, 0.2) is 12.2 Å². The number of rotatable bonds is 2. The van der Waals surface area contributed by atoms with Gasteiger partial charge in [-0.3, -0.25) is 0 Å². The summed E-state index contributed by atoms with van der Waals surface area (Å²) in [5.41, 5.74) is 2.71. The highest BCUT2D eigenvalue weighted by atomic mass is 32.1. The van der Waals surface area contributed by atoms with Crippen LogP contribution in [0.1, 0.15) is 5.69 Å². The Balaban J connectivity index is 2.74. The van der Waals surface area contributed by atoms with Gasteiger partial charge in [-0.15, -0.1) is 0 Å². The van der Waals surface area contributed by atoms with Crippen molar-refractivity contribution in [3.63, 3.8) is 0 Å². The molecule has 1 aromatic rings. The summed E-state index contributed by atoms with van der Waals surface area (Å²) in [6, 6.07) is 0. The molecule has 1 rings (SSSR count). The summed E-state index contributed by atoms with van der Waals surface area (Å²) >= 11 is 1.48. The Hall–Kier alpha value is -0.900. The van der Waals surface area contributed by atoms with Crippen LogP contribution in [0.4, 0.5) is 0 Å². The maximum Gasteiger partial charge on any atom is 0.225 e.